The van der Waals surface area contributed by atoms with Gasteiger partial charge in [-0.05, 0) is 61.9 Å². The molecule has 3 N–H and O–H groups in total. The first-order chi connectivity index (χ1) is 16.8. The second kappa shape index (κ2) is 10.6. The van der Waals surface area contributed by atoms with Gasteiger partial charge < -0.3 is 10.5 Å². The van der Waals surface area contributed by atoms with Crippen LogP contribution in [0.1, 0.15) is 43.1 Å². The first-order valence-electron chi connectivity index (χ1n) is 11.4. The van der Waals surface area contributed by atoms with Crippen molar-refractivity contribution >= 4 is 17.7 Å². The van der Waals surface area contributed by atoms with Crippen LogP contribution in [0.4, 0.5) is 19.3 Å². The van der Waals surface area contributed by atoms with Crippen LogP contribution in [0.15, 0.2) is 48.8 Å². The van der Waals surface area contributed by atoms with E-state index in [9.17, 15) is 14.0 Å². The van der Waals surface area contributed by atoms with E-state index in [1.54, 1.807) is 24.4 Å². The standard InChI is InChI=1S/C26H26F2N4O3/c1-15(16-6-7-16)35-26(34)32-22-9-8-17(18-4-2-12-30-21(18)10-11-24(29)33)19(25(22)28)14-23-20(27)5-3-13-31-23/h2-5,8-9,12-13,15-16H,6-7,10-11,14H2,1H3,(H2,29,33)(H,32,34)/t15-/m1/s1. The molecule has 7 nitrogen and oxygen atoms in total. The number of aryl methyl sites for hydroxylation is 1. The lowest BCUT2D eigenvalue weighted by atomic mass is 9.93. The number of rotatable bonds is 9. The zero-order valence-electron chi connectivity index (χ0n) is 19.3. The number of hydrogen-bond acceptors (Lipinski definition) is 5. The van der Waals surface area contributed by atoms with Crippen LogP contribution in [-0.2, 0) is 22.4 Å². The van der Waals surface area contributed by atoms with Crippen LogP contribution < -0.4 is 11.1 Å². The molecule has 2 aromatic heterocycles. The molecule has 0 bridgehead atoms. The second-order valence-electron chi connectivity index (χ2n) is 8.60. The van der Waals surface area contributed by atoms with E-state index in [0.717, 1.165) is 12.8 Å². The Labute approximate surface area is 201 Å². The molecule has 2 heterocycles. The Balaban J connectivity index is 1.72. The van der Waals surface area contributed by atoms with Crippen LogP contribution in [0.5, 0.6) is 0 Å². The minimum atomic E-state index is -0.755. The van der Waals surface area contributed by atoms with Gasteiger partial charge in [0.1, 0.15) is 11.9 Å². The highest BCUT2D eigenvalue weighted by Crippen LogP contribution is 2.35. The van der Waals surface area contributed by atoms with Crippen LogP contribution in [0, 0.1) is 17.6 Å². The van der Waals surface area contributed by atoms with Crippen molar-refractivity contribution in [3.05, 3.63) is 77.4 Å². The molecule has 1 atom stereocenters. The van der Waals surface area contributed by atoms with Crippen molar-refractivity contribution in [2.24, 2.45) is 11.7 Å². The number of benzene rings is 1. The average Bonchev–Trinajstić information content (AvgIpc) is 3.68. The van der Waals surface area contributed by atoms with Crippen LogP contribution in [-0.4, -0.2) is 28.1 Å². The molecule has 1 aliphatic rings. The summed E-state index contributed by atoms with van der Waals surface area (Å²) in [6.45, 7) is 1.81. The molecule has 0 unspecified atom stereocenters. The minimum absolute atomic E-state index is 0.0531. The summed E-state index contributed by atoms with van der Waals surface area (Å²) in [6.07, 6.45) is 4.15. The number of anilines is 1. The van der Waals surface area contributed by atoms with Crippen LogP contribution in [0.25, 0.3) is 11.1 Å². The predicted molar refractivity (Wildman–Crippen MR) is 126 cm³/mol. The van der Waals surface area contributed by atoms with E-state index < -0.39 is 23.6 Å². The lowest BCUT2D eigenvalue weighted by Gasteiger charge is -2.18. The maximum atomic E-state index is 15.8. The molecule has 1 saturated carbocycles. The number of nitrogens with two attached hydrogens (primary N) is 1. The quantitative estimate of drug-likeness (QED) is 0.458. The van der Waals surface area contributed by atoms with Gasteiger partial charge in [-0.2, -0.15) is 0 Å². The summed E-state index contributed by atoms with van der Waals surface area (Å²) in [5.41, 5.74) is 6.97. The third-order valence-corrected chi connectivity index (χ3v) is 6.03. The van der Waals surface area contributed by atoms with E-state index in [2.05, 4.69) is 15.3 Å². The summed E-state index contributed by atoms with van der Waals surface area (Å²) < 4.78 is 35.6. The summed E-state index contributed by atoms with van der Waals surface area (Å²) in [7, 11) is 0. The topological polar surface area (TPSA) is 107 Å². The zero-order valence-corrected chi connectivity index (χ0v) is 19.3. The molecule has 2 amide bonds. The number of aromatic nitrogens is 2. The highest BCUT2D eigenvalue weighted by molar-refractivity contribution is 5.86. The largest absolute Gasteiger partial charge is 0.446 e. The zero-order chi connectivity index (χ0) is 24.9. The number of nitrogens with zero attached hydrogens (tertiary/aromatic N) is 2. The predicted octanol–water partition coefficient (Wildman–Crippen LogP) is 4.78. The van der Waals surface area contributed by atoms with Gasteiger partial charge in [-0.15, -0.1) is 0 Å². The summed E-state index contributed by atoms with van der Waals surface area (Å²) >= 11 is 0. The highest BCUT2D eigenvalue weighted by Gasteiger charge is 2.31. The molecular formula is C26H26F2N4O3. The van der Waals surface area contributed by atoms with Gasteiger partial charge in [-0.25, -0.2) is 13.6 Å². The smallest absolute Gasteiger partial charge is 0.411 e. The van der Waals surface area contributed by atoms with Gasteiger partial charge in [-0.1, -0.05) is 12.1 Å². The fraction of sp³-hybridized carbons (Fsp3) is 0.308. The van der Waals surface area contributed by atoms with Crippen molar-refractivity contribution in [1.29, 1.82) is 0 Å². The number of ether oxygens (including phenoxy) is 1. The van der Waals surface area contributed by atoms with Crippen molar-refractivity contribution < 1.29 is 23.1 Å². The Morgan fingerprint density at radius 3 is 2.49 bits per heavy atom. The van der Waals surface area contributed by atoms with E-state index in [1.807, 2.05) is 6.92 Å². The molecule has 4 rings (SSSR count). The number of amides is 2. The number of halogens is 2. The molecule has 182 valence electrons. The summed E-state index contributed by atoms with van der Waals surface area (Å²) in [4.78, 5) is 32.1. The van der Waals surface area contributed by atoms with E-state index in [-0.39, 0.29) is 42.3 Å². The van der Waals surface area contributed by atoms with Gasteiger partial charge in [0.2, 0.25) is 5.91 Å². The molecule has 9 heteroatoms. The van der Waals surface area contributed by atoms with Crippen molar-refractivity contribution in [3.8, 4) is 11.1 Å². The minimum Gasteiger partial charge on any atom is -0.446 e. The molecule has 1 aromatic carbocycles. The van der Waals surface area contributed by atoms with Crippen molar-refractivity contribution in [1.82, 2.24) is 9.97 Å². The van der Waals surface area contributed by atoms with Gasteiger partial charge in [0, 0.05) is 42.1 Å². The Kier molecular flexibility index (Phi) is 7.33. The third-order valence-electron chi connectivity index (χ3n) is 6.03. The summed E-state index contributed by atoms with van der Waals surface area (Å²) in [5.74, 6) is -1.45. The van der Waals surface area contributed by atoms with E-state index in [0.29, 0.717) is 22.7 Å². The SMILES string of the molecule is C[C@@H](OC(=O)Nc1ccc(-c2cccnc2CCC(N)=O)c(Cc2ncccc2F)c1F)C1CC1. The Morgan fingerprint density at radius 2 is 1.80 bits per heavy atom. The van der Waals surface area contributed by atoms with Crippen LogP contribution in [0.3, 0.4) is 0 Å². The maximum Gasteiger partial charge on any atom is 0.411 e. The number of pyridine rings is 2. The van der Waals surface area contributed by atoms with E-state index >= 15 is 4.39 Å². The molecule has 1 fully saturated rings. The lowest BCUT2D eigenvalue weighted by Crippen LogP contribution is -2.22. The number of nitrogens with one attached hydrogen (secondary N) is 1. The molecular weight excluding hydrogens is 454 g/mol. The molecule has 0 saturated heterocycles. The molecule has 0 spiro atoms. The lowest BCUT2D eigenvalue weighted by molar-refractivity contribution is -0.118. The normalized spacial score (nSPS) is 13.8. The van der Waals surface area contributed by atoms with Gasteiger partial charge in [0.15, 0.2) is 5.82 Å². The maximum absolute atomic E-state index is 15.8. The Morgan fingerprint density at radius 1 is 1.09 bits per heavy atom. The van der Waals surface area contributed by atoms with Crippen molar-refractivity contribution in [3.63, 3.8) is 0 Å². The number of carbonyl (C=O) groups is 2. The van der Waals surface area contributed by atoms with Crippen molar-refractivity contribution in [2.75, 3.05) is 5.32 Å². The monoisotopic (exact) mass is 480 g/mol. The summed E-state index contributed by atoms with van der Waals surface area (Å²) in [6, 6.07) is 9.19. The van der Waals surface area contributed by atoms with Crippen molar-refractivity contribution in [2.45, 2.75) is 45.1 Å². The second-order valence-corrected chi connectivity index (χ2v) is 8.60. The highest BCUT2D eigenvalue weighted by atomic mass is 19.1. The number of primary amides is 1. The molecule has 3 aromatic rings. The van der Waals surface area contributed by atoms with E-state index in [4.69, 9.17) is 10.5 Å². The third kappa shape index (κ3) is 5.98. The molecule has 35 heavy (non-hydrogen) atoms. The Hall–Kier alpha value is -3.88. The van der Waals surface area contributed by atoms with Crippen LogP contribution in [0.2, 0.25) is 0 Å². The fourth-order valence-electron chi connectivity index (χ4n) is 3.95. The fourth-order valence-corrected chi connectivity index (χ4v) is 3.95. The number of hydrogen-bond donors (Lipinski definition) is 2. The van der Waals surface area contributed by atoms with Gasteiger partial charge in [0.25, 0.3) is 0 Å². The van der Waals surface area contributed by atoms with E-state index in [1.165, 1.54) is 24.4 Å². The van der Waals surface area contributed by atoms with Crippen LogP contribution >= 0.6 is 0 Å². The first-order valence-corrected chi connectivity index (χ1v) is 11.4. The van der Waals surface area contributed by atoms with Gasteiger partial charge in [-0.3, -0.25) is 20.1 Å². The number of carbonyl (C=O) groups excluding carboxylic acids is 2. The Bertz CT molecular complexity index is 1250. The molecule has 0 radical (unpaired) electrons. The molecule has 0 aliphatic heterocycles. The van der Waals surface area contributed by atoms with Gasteiger partial charge in [0.05, 0.1) is 11.4 Å². The van der Waals surface area contributed by atoms with Gasteiger partial charge >= 0.3 is 6.09 Å². The first kappa shape index (κ1) is 24.3. The molecule has 1 aliphatic carbocycles. The average molecular weight is 481 g/mol. The summed E-state index contributed by atoms with van der Waals surface area (Å²) in [5, 5.41) is 2.47.